The maximum atomic E-state index is 11.0. The Balaban J connectivity index is 0.000000345. The summed E-state index contributed by atoms with van der Waals surface area (Å²) in [4.78, 5) is 15.5. The van der Waals surface area contributed by atoms with Gasteiger partial charge in [-0.15, -0.1) is 0 Å². The molecule has 1 fully saturated rings. The van der Waals surface area contributed by atoms with Crippen molar-refractivity contribution in [2.75, 3.05) is 31.7 Å². The lowest BCUT2D eigenvalue weighted by atomic mass is 9.88. The Bertz CT molecular complexity index is 1580. The topological polar surface area (TPSA) is 93.5 Å². The Hall–Kier alpha value is -4.01. The maximum Gasteiger partial charge on any atom is 0.330 e. The number of anilines is 1. The minimum atomic E-state index is -0.345. The van der Waals surface area contributed by atoms with Crippen LogP contribution >= 0.6 is 11.3 Å². The van der Waals surface area contributed by atoms with E-state index in [1.165, 1.54) is 35.4 Å². The van der Waals surface area contributed by atoms with Gasteiger partial charge in [0.2, 0.25) is 0 Å². The van der Waals surface area contributed by atoms with Crippen LogP contribution in [-0.2, 0) is 20.7 Å². The molecule has 0 atom stereocenters. The van der Waals surface area contributed by atoms with Crippen LogP contribution in [0.4, 0.5) is 5.13 Å². The molecule has 0 spiro atoms. The highest BCUT2D eigenvalue weighted by atomic mass is 32.1. The molecule has 274 valence electrons. The van der Waals surface area contributed by atoms with E-state index in [1.54, 1.807) is 11.3 Å². The summed E-state index contributed by atoms with van der Waals surface area (Å²) in [6.07, 6.45) is 16.1. The molecule has 1 aliphatic carbocycles. The number of nitrogens with one attached hydrogen (secondary N) is 2. The number of fused-ring (bicyclic) bond motifs is 1. The molecule has 8 heteroatoms. The lowest BCUT2D eigenvalue weighted by Gasteiger charge is -2.28. The van der Waals surface area contributed by atoms with Gasteiger partial charge in [0.05, 0.1) is 29.5 Å². The second kappa shape index (κ2) is 22.7. The van der Waals surface area contributed by atoms with Gasteiger partial charge in [0, 0.05) is 31.0 Å². The lowest BCUT2D eigenvalue weighted by Crippen LogP contribution is -2.25. The van der Waals surface area contributed by atoms with Gasteiger partial charge in [0.25, 0.3) is 0 Å². The number of hydrogen-bond donors (Lipinski definition) is 2. The van der Waals surface area contributed by atoms with E-state index in [2.05, 4.69) is 79.3 Å². The van der Waals surface area contributed by atoms with Crippen LogP contribution in [-0.4, -0.2) is 49.6 Å². The maximum absolute atomic E-state index is 11.0. The van der Waals surface area contributed by atoms with E-state index in [4.69, 9.17) is 19.6 Å². The zero-order valence-corrected chi connectivity index (χ0v) is 31.5. The van der Waals surface area contributed by atoms with Gasteiger partial charge in [-0.05, 0) is 105 Å². The first-order valence-electron chi connectivity index (χ1n) is 18.9. The Morgan fingerprint density at radius 2 is 1.71 bits per heavy atom. The van der Waals surface area contributed by atoms with Crippen LogP contribution in [0.15, 0.2) is 79.4 Å². The second-order valence-corrected chi connectivity index (χ2v) is 14.2. The highest BCUT2D eigenvalue weighted by Gasteiger charge is 2.22. The molecule has 51 heavy (non-hydrogen) atoms. The molecule has 1 aliphatic rings. The van der Waals surface area contributed by atoms with Crippen LogP contribution in [0, 0.1) is 11.3 Å². The smallest absolute Gasteiger partial charge is 0.330 e. The van der Waals surface area contributed by atoms with E-state index in [0.717, 1.165) is 110 Å². The van der Waals surface area contributed by atoms with E-state index in [1.807, 2.05) is 18.2 Å². The summed E-state index contributed by atoms with van der Waals surface area (Å²) in [6.45, 7) is 10.8. The zero-order valence-electron chi connectivity index (χ0n) is 30.7. The van der Waals surface area contributed by atoms with Crippen LogP contribution < -0.4 is 10.1 Å². The number of rotatable bonds is 20. The quantitative estimate of drug-likeness (QED) is 0.0410. The number of aromatic nitrogens is 1. The molecule has 0 unspecified atom stereocenters. The van der Waals surface area contributed by atoms with Crippen molar-refractivity contribution < 1.29 is 19.0 Å². The number of carbonyl (C=O) groups is 1. The number of nitrogens with zero attached hydrogens (tertiary/aromatic N) is 1. The second-order valence-electron chi connectivity index (χ2n) is 13.2. The number of aryl methyl sites for hydroxylation is 1. The molecule has 0 aliphatic heterocycles. The van der Waals surface area contributed by atoms with E-state index in [9.17, 15) is 4.79 Å². The van der Waals surface area contributed by atoms with Gasteiger partial charge in [-0.3, -0.25) is 0 Å². The molecule has 7 nitrogen and oxygen atoms in total. The van der Waals surface area contributed by atoms with Gasteiger partial charge in [0.1, 0.15) is 5.75 Å². The monoisotopic (exact) mass is 711 g/mol. The average Bonchev–Trinajstić information content (AvgIpc) is 3.59. The Morgan fingerprint density at radius 3 is 2.41 bits per heavy atom. The first-order chi connectivity index (χ1) is 25.0. The summed E-state index contributed by atoms with van der Waals surface area (Å²) in [5.74, 6) is 1.04. The predicted octanol–water partition coefficient (Wildman–Crippen LogP) is 11.1. The fourth-order valence-corrected chi connectivity index (χ4v) is 7.08. The van der Waals surface area contributed by atoms with Gasteiger partial charge in [-0.1, -0.05) is 93.5 Å². The Kier molecular flexibility index (Phi) is 17.7. The lowest BCUT2D eigenvalue weighted by molar-refractivity contribution is -0.137. The van der Waals surface area contributed by atoms with E-state index in [0.29, 0.717) is 25.2 Å². The van der Waals surface area contributed by atoms with Gasteiger partial charge in [-0.25, -0.2) is 9.78 Å². The normalized spacial score (nSPS) is 15.4. The SMILES string of the molecule is C=CC(=O)OCCCCCCOC1CCC(COc2ccc(-c3ccc(CCC)cc3)c(C=N)c2)CC1.CCCCNc1nc2ccccc2s1. The van der Waals surface area contributed by atoms with Crippen molar-refractivity contribution in [1.82, 2.24) is 4.98 Å². The summed E-state index contributed by atoms with van der Waals surface area (Å²) < 4.78 is 18.5. The molecule has 1 saturated carbocycles. The fraction of sp³-hybridized carbons (Fsp3) is 0.465. The van der Waals surface area contributed by atoms with Gasteiger partial charge < -0.3 is 24.9 Å². The number of unbranched alkanes of at least 4 members (excludes halogenated alkanes) is 4. The van der Waals surface area contributed by atoms with Crippen LogP contribution in [0.1, 0.15) is 95.6 Å². The van der Waals surface area contributed by atoms with E-state index < -0.39 is 0 Å². The minimum Gasteiger partial charge on any atom is -0.493 e. The van der Waals surface area contributed by atoms with Crippen molar-refractivity contribution in [2.45, 2.75) is 97.0 Å². The molecule has 1 heterocycles. The highest BCUT2D eigenvalue weighted by molar-refractivity contribution is 7.22. The Labute approximate surface area is 309 Å². The molecule has 5 rings (SSSR count). The van der Waals surface area contributed by atoms with Crippen molar-refractivity contribution in [3.63, 3.8) is 0 Å². The molecule has 2 N–H and O–H groups in total. The van der Waals surface area contributed by atoms with Gasteiger partial charge in [0.15, 0.2) is 5.13 Å². The molecular weight excluding hydrogens is 655 g/mol. The molecule has 1 aromatic heterocycles. The molecule has 0 amide bonds. The summed E-state index contributed by atoms with van der Waals surface area (Å²) in [7, 11) is 0. The van der Waals surface area contributed by atoms with Crippen LogP contribution in [0.2, 0.25) is 0 Å². The first kappa shape index (κ1) is 39.8. The number of hydrogen-bond acceptors (Lipinski definition) is 8. The number of para-hydroxylation sites is 1. The molecule has 3 aromatic carbocycles. The van der Waals surface area contributed by atoms with E-state index >= 15 is 0 Å². The zero-order chi connectivity index (χ0) is 36.1. The largest absolute Gasteiger partial charge is 0.493 e. The third kappa shape index (κ3) is 13.9. The molecular formula is C43H57N3O4S. The summed E-state index contributed by atoms with van der Waals surface area (Å²) in [6, 6.07) is 23.0. The van der Waals surface area contributed by atoms with Crippen molar-refractivity contribution in [2.24, 2.45) is 5.92 Å². The highest BCUT2D eigenvalue weighted by Crippen LogP contribution is 2.30. The molecule has 0 radical (unpaired) electrons. The molecule has 4 aromatic rings. The summed E-state index contributed by atoms with van der Waals surface area (Å²) >= 11 is 1.73. The third-order valence-corrected chi connectivity index (χ3v) is 10.2. The summed E-state index contributed by atoms with van der Waals surface area (Å²) in [5.41, 5.74) is 5.53. The van der Waals surface area contributed by atoms with Crippen molar-refractivity contribution in [1.29, 1.82) is 5.41 Å². The van der Waals surface area contributed by atoms with Gasteiger partial charge >= 0.3 is 5.97 Å². The van der Waals surface area contributed by atoms with Crippen LogP contribution in [0.5, 0.6) is 5.75 Å². The van der Waals surface area contributed by atoms with Crippen molar-refractivity contribution >= 4 is 38.9 Å². The molecule has 0 saturated heterocycles. The van der Waals surface area contributed by atoms with Gasteiger partial charge in [-0.2, -0.15) is 0 Å². The summed E-state index contributed by atoms with van der Waals surface area (Å²) in [5, 5.41) is 12.3. The van der Waals surface area contributed by atoms with Crippen molar-refractivity contribution in [3.8, 4) is 16.9 Å². The molecule has 0 bridgehead atoms. The number of ether oxygens (including phenoxy) is 3. The Morgan fingerprint density at radius 1 is 0.941 bits per heavy atom. The van der Waals surface area contributed by atoms with Crippen molar-refractivity contribution in [3.05, 3.63) is 90.5 Å². The average molecular weight is 712 g/mol. The third-order valence-electron chi connectivity index (χ3n) is 9.17. The number of carbonyl (C=O) groups excluding carboxylic acids is 1. The number of esters is 1. The van der Waals surface area contributed by atoms with E-state index in [-0.39, 0.29) is 5.97 Å². The first-order valence-corrected chi connectivity index (χ1v) is 19.7. The predicted molar refractivity (Wildman–Crippen MR) is 214 cm³/mol. The van der Waals surface area contributed by atoms with Crippen LogP contribution in [0.25, 0.3) is 21.3 Å². The van der Waals surface area contributed by atoms with Crippen LogP contribution in [0.3, 0.4) is 0 Å². The fourth-order valence-electron chi connectivity index (χ4n) is 6.19. The minimum absolute atomic E-state index is 0.345. The number of thiazole rings is 1. The number of benzene rings is 3. The standard InChI is InChI=1S/C32H43NO4.C11H14N2S/c1-3-9-25-10-14-27(15-11-25)31-19-18-30(22-28(31)23-33)37-24-26-12-16-29(17-13-26)35-20-7-5-6-8-21-36-32(34)4-2;1-2-3-8-12-11-13-9-6-4-5-7-10(9)14-11/h4,10-11,14-15,18-19,22-23,26,29,33H,2-3,5-9,12-13,16-17,20-21,24H2,1H3;4-7H,2-3,8H2,1H3,(H,12,13).